The van der Waals surface area contributed by atoms with Gasteiger partial charge < -0.3 is 10.5 Å². The highest BCUT2D eigenvalue weighted by Gasteiger charge is 2.22. The topological polar surface area (TPSA) is 38.5 Å². The lowest BCUT2D eigenvalue weighted by molar-refractivity contribution is -0.0102. The molecule has 0 spiro atoms. The van der Waals surface area contributed by atoms with Crippen LogP contribution in [0.3, 0.4) is 0 Å². The fraction of sp³-hybridized carbons (Fsp3) is 1.00. The monoisotopic (exact) mass is 242 g/mol. The zero-order chi connectivity index (χ0) is 12.7. The number of rotatable bonds is 7. The number of morpholine rings is 1. The molecule has 17 heavy (non-hydrogen) atoms. The third kappa shape index (κ3) is 5.36. The molecule has 0 aliphatic carbocycles. The standard InChI is InChI=1S/C14H30N2O/c1-4-13-12-17-11-10-16(13)9-5-6-14(2,3)7-8-15/h13H,4-12,15H2,1-3H3. The van der Waals surface area contributed by atoms with Crippen LogP contribution in [0.5, 0.6) is 0 Å². The Morgan fingerprint density at radius 2 is 2.12 bits per heavy atom. The van der Waals surface area contributed by atoms with Gasteiger partial charge in [0, 0.05) is 12.6 Å². The first-order valence-electron chi connectivity index (χ1n) is 7.11. The van der Waals surface area contributed by atoms with Gasteiger partial charge in [-0.15, -0.1) is 0 Å². The summed E-state index contributed by atoms with van der Waals surface area (Å²) in [6, 6.07) is 0.640. The molecular weight excluding hydrogens is 212 g/mol. The maximum atomic E-state index is 5.65. The first-order valence-corrected chi connectivity index (χ1v) is 7.11. The number of hydrogen-bond acceptors (Lipinski definition) is 3. The van der Waals surface area contributed by atoms with E-state index in [1.165, 1.54) is 25.8 Å². The van der Waals surface area contributed by atoms with Crippen LogP contribution in [0.1, 0.15) is 46.5 Å². The molecular formula is C14H30N2O. The van der Waals surface area contributed by atoms with Crippen molar-refractivity contribution in [2.75, 3.05) is 32.8 Å². The predicted molar refractivity (Wildman–Crippen MR) is 73.2 cm³/mol. The molecule has 0 aromatic rings. The Bertz CT molecular complexity index is 206. The summed E-state index contributed by atoms with van der Waals surface area (Å²) < 4.78 is 5.53. The quantitative estimate of drug-likeness (QED) is 0.744. The van der Waals surface area contributed by atoms with Crippen molar-refractivity contribution < 1.29 is 4.74 Å². The van der Waals surface area contributed by atoms with Crippen molar-refractivity contribution in [2.45, 2.75) is 52.5 Å². The number of nitrogens with zero attached hydrogens (tertiary/aromatic N) is 1. The van der Waals surface area contributed by atoms with Gasteiger partial charge in [-0.25, -0.2) is 0 Å². The van der Waals surface area contributed by atoms with Gasteiger partial charge in [-0.2, -0.15) is 0 Å². The van der Waals surface area contributed by atoms with Crippen molar-refractivity contribution in [3.63, 3.8) is 0 Å². The second kappa shape index (κ2) is 7.34. The van der Waals surface area contributed by atoms with Gasteiger partial charge in [0.2, 0.25) is 0 Å². The molecule has 0 radical (unpaired) electrons. The van der Waals surface area contributed by atoms with Gasteiger partial charge in [-0.3, -0.25) is 4.90 Å². The molecule has 0 bridgehead atoms. The average molecular weight is 242 g/mol. The molecule has 1 aliphatic heterocycles. The molecule has 1 fully saturated rings. The van der Waals surface area contributed by atoms with E-state index in [4.69, 9.17) is 10.5 Å². The van der Waals surface area contributed by atoms with E-state index in [1.807, 2.05) is 0 Å². The van der Waals surface area contributed by atoms with Crippen molar-refractivity contribution in [1.29, 1.82) is 0 Å². The van der Waals surface area contributed by atoms with Crippen LogP contribution in [0.15, 0.2) is 0 Å². The van der Waals surface area contributed by atoms with Crippen LogP contribution in [-0.4, -0.2) is 43.8 Å². The highest BCUT2D eigenvalue weighted by Crippen LogP contribution is 2.26. The van der Waals surface area contributed by atoms with E-state index in [0.717, 1.165) is 32.7 Å². The van der Waals surface area contributed by atoms with Crippen molar-refractivity contribution in [2.24, 2.45) is 11.1 Å². The van der Waals surface area contributed by atoms with Crippen LogP contribution in [0.4, 0.5) is 0 Å². The Hall–Kier alpha value is -0.120. The Balaban J connectivity index is 2.24. The summed E-state index contributed by atoms with van der Waals surface area (Å²) in [7, 11) is 0. The fourth-order valence-electron chi connectivity index (χ4n) is 2.64. The molecule has 3 heteroatoms. The minimum atomic E-state index is 0.406. The van der Waals surface area contributed by atoms with Crippen LogP contribution >= 0.6 is 0 Å². The van der Waals surface area contributed by atoms with Crippen molar-refractivity contribution in [1.82, 2.24) is 4.90 Å². The maximum absolute atomic E-state index is 5.65. The number of nitrogens with two attached hydrogens (primary N) is 1. The third-order valence-corrected chi connectivity index (χ3v) is 3.94. The summed E-state index contributed by atoms with van der Waals surface area (Å²) in [5, 5.41) is 0. The van der Waals surface area contributed by atoms with Crippen LogP contribution in [-0.2, 0) is 4.74 Å². The lowest BCUT2D eigenvalue weighted by atomic mass is 9.84. The predicted octanol–water partition coefficient (Wildman–Crippen LogP) is 2.25. The SMILES string of the molecule is CCC1COCCN1CCCC(C)(C)CCN. The van der Waals surface area contributed by atoms with E-state index in [9.17, 15) is 0 Å². The van der Waals surface area contributed by atoms with E-state index in [1.54, 1.807) is 0 Å². The number of ether oxygens (including phenoxy) is 1. The van der Waals surface area contributed by atoms with Gasteiger partial charge in [-0.05, 0) is 44.2 Å². The Morgan fingerprint density at radius 3 is 2.76 bits per heavy atom. The summed E-state index contributed by atoms with van der Waals surface area (Å²) >= 11 is 0. The Morgan fingerprint density at radius 1 is 1.35 bits per heavy atom. The smallest absolute Gasteiger partial charge is 0.0622 e. The Labute approximate surface area is 107 Å². The van der Waals surface area contributed by atoms with Gasteiger partial charge >= 0.3 is 0 Å². The summed E-state index contributed by atoms with van der Waals surface area (Å²) in [6.07, 6.45) is 4.89. The molecule has 0 amide bonds. The highest BCUT2D eigenvalue weighted by atomic mass is 16.5. The zero-order valence-electron chi connectivity index (χ0n) is 11.9. The molecule has 1 saturated heterocycles. The fourth-order valence-corrected chi connectivity index (χ4v) is 2.64. The average Bonchev–Trinajstić information content (AvgIpc) is 2.29. The van der Waals surface area contributed by atoms with Crippen LogP contribution in [0.25, 0.3) is 0 Å². The molecule has 1 unspecified atom stereocenters. The van der Waals surface area contributed by atoms with E-state index in [0.29, 0.717) is 11.5 Å². The van der Waals surface area contributed by atoms with Gasteiger partial charge in [0.05, 0.1) is 13.2 Å². The van der Waals surface area contributed by atoms with Crippen molar-refractivity contribution in [3.05, 3.63) is 0 Å². The van der Waals surface area contributed by atoms with E-state index >= 15 is 0 Å². The second-order valence-corrected chi connectivity index (χ2v) is 5.98. The van der Waals surface area contributed by atoms with Gasteiger partial charge in [0.1, 0.15) is 0 Å². The lowest BCUT2D eigenvalue weighted by Crippen LogP contribution is -2.45. The van der Waals surface area contributed by atoms with E-state index < -0.39 is 0 Å². The molecule has 1 atom stereocenters. The highest BCUT2D eigenvalue weighted by molar-refractivity contribution is 4.76. The summed E-state index contributed by atoms with van der Waals surface area (Å²) in [5.74, 6) is 0. The molecule has 0 aromatic heterocycles. The molecule has 1 aliphatic rings. The second-order valence-electron chi connectivity index (χ2n) is 5.98. The van der Waals surface area contributed by atoms with Crippen molar-refractivity contribution >= 4 is 0 Å². The summed E-state index contributed by atoms with van der Waals surface area (Å²) in [6.45, 7) is 11.9. The van der Waals surface area contributed by atoms with Crippen LogP contribution in [0.2, 0.25) is 0 Å². The molecule has 102 valence electrons. The molecule has 0 aromatic carbocycles. The summed E-state index contributed by atoms with van der Waals surface area (Å²) in [4.78, 5) is 2.60. The van der Waals surface area contributed by atoms with Gasteiger partial charge in [0.25, 0.3) is 0 Å². The normalized spacial score (nSPS) is 22.9. The maximum Gasteiger partial charge on any atom is 0.0622 e. The molecule has 2 N–H and O–H groups in total. The van der Waals surface area contributed by atoms with Gasteiger partial charge in [0.15, 0.2) is 0 Å². The van der Waals surface area contributed by atoms with Gasteiger partial charge in [-0.1, -0.05) is 20.8 Å². The third-order valence-electron chi connectivity index (χ3n) is 3.94. The first kappa shape index (κ1) is 14.9. The summed E-state index contributed by atoms with van der Waals surface area (Å²) in [5.41, 5.74) is 6.05. The van der Waals surface area contributed by atoms with E-state index in [-0.39, 0.29) is 0 Å². The largest absolute Gasteiger partial charge is 0.378 e. The first-order chi connectivity index (χ1) is 8.09. The van der Waals surface area contributed by atoms with Crippen LogP contribution < -0.4 is 5.73 Å². The Kier molecular flexibility index (Phi) is 6.45. The molecule has 3 nitrogen and oxygen atoms in total. The van der Waals surface area contributed by atoms with Crippen LogP contribution in [0, 0.1) is 5.41 Å². The molecule has 0 saturated carbocycles. The number of hydrogen-bond donors (Lipinski definition) is 1. The van der Waals surface area contributed by atoms with Crippen molar-refractivity contribution in [3.8, 4) is 0 Å². The molecule has 1 rings (SSSR count). The zero-order valence-corrected chi connectivity index (χ0v) is 11.9. The minimum Gasteiger partial charge on any atom is -0.378 e. The minimum absolute atomic E-state index is 0.406. The van der Waals surface area contributed by atoms with E-state index in [2.05, 4.69) is 25.7 Å². The lowest BCUT2D eigenvalue weighted by Gasteiger charge is -2.35. The molecule has 1 heterocycles.